The van der Waals surface area contributed by atoms with Crippen molar-refractivity contribution in [3.05, 3.63) is 24.0 Å². The Morgan fingerprint density at radius 2 is 2.00 bits per heavy atom. The number of alkyl halides is 2. The van der Waals surface area contributed by atoms with E-state index in [-0.39, 0.29) is 5.69 Å². The quantitative estimate of drug-likeness (QED) is 0.764. The second-order valence-electron chi connectivity index (χ2n) is 3.01. The molecule has 0 amide bonds. The van der Waals surface area contributed by atoms with E-state index in [1.807, 2.05) is 0 Å². The minimum Gasteiger partial charge on any atom is -0.399 e. The second-order valence-corrected chi connectivity index (χ2v) is 3.01. The van der Waals surface area contributed by atoms with Gasteiger partial charge in [0.1, 0.15) is 5.82 Å². The Balaban J connectivity index is 2.84. The minimum atomic E-state index is -2.45. The smallest absolute Gasteiger partial charge is 0.255 e. The maximum Gasteiger partial charge on any atom is 0.255 e. The number of hydrogen-bond acceptors (Lipinski definition) is 2. The molecule has 0 saturated carbocycles. The second kappa shape index (κ2) is 4.21. The highest BCUT2D eigenvalue weighted by Crippen LogP contribution is 2.19. The van der Waals surface area contributed by atoms with Crippen LogP contribution in [0.15, 0.2) is 18.2 Å². The van der Waals surface area contributed by atoms with E-state index in [0.717, 1.165) is 6.07 Å². The van der Waals surface area contributed by atoms with Gasteiger partial charge in [-0.2, -0.15) is 0 Å². The van der Waals surface area contributed by atoms with Crippen molar-refractivity contribution >= 4 is 11.4 Å². The summed E-state index contributed by atoms with van der Waals surface area (Å²) in [5.74, 6) is -0.527. The van der Waals surface area contributed by atoms with Crippen molar-refractivity contribution in [1.29, 1.82) is 0 Å². The third-order valence-corrected chi connectivity index (χ3v) is 1.76. The molecule has 0 atom stereocenters. The summed E-state index contributed by atoms with van der Waals surface area (Å²) in [6.07, 6.45) is -2.45. The maximum absolute atomic E-state index is 12.8. The Bertz CT molecular complexity index is 295. The Kier molecular flexibility index (Phi) is 3.22. The zero-order valence-electron chi connectivity index (χ0n) is 7.67. The number of hydrogen-bond donors (Lipinski definition) is 1. The molecule has 1 aromatic carbocycles. The molecular weight excluding hydrogens is 193 g/mol. The lowest BCUT2D eigenvalue weighted by atomic mass is 10.2. The zero-order chi connectivity index (χ0) is 10.7. The lowest BCUT2D eigenvalue weighted by Gasteiger charge is -2.18. The number of halogens is 3. The standard InChI is InChI=1S/C9H11F3N2/c1-14(5-9(11)12)8-3-6(10)2-7(13)4-8/h2-4,9H,5,13H2,1H3. The molecule has 0 aromatic heterocycles. The number of nitrogens with two attached hydrogens (primary N) is 1. The number of benzene rings is 1. The van der Waals surface area contributed by atoms with E-state index in [1.165, 1.54) is 24.1 Å². The highest BCUT2D eigenvalue weighted by molar-refractivity contribution is 5.55. The van der Waals surface area contributed by atoms with Crippen LogP contribution in [0.1, 0.15) is 0 Å². The van der Waals surface area contributed by atoms with E-state index < -0.39 is 18.8 Å². The molecular formula is C9H11F3N2. The normalized spacial score (nSPS) is 10.6. The SMILES string of the molecule is CN(CC(F)F)c1cc(N)cc(F)c1. The lowest BCUT2D eigenvalue weighted by molar-refractivity contribution is 0.156. The molecule has 14 heavy (non-hydrogen) atoms. The van der Waals surface area contributed by atoms with Gasteiger partial charge in [0, 0.05) is 18.4 Å². The van der Waals surface area contributed by atoms with Crippen LogP contribution in [0.4, 0.5) is 24.5 Å². The molecule has 0 spiro atoms. The number of rotatable bonds is 3. The maximum atomic E-state index is 12.8. The average molecular weight is 204 g/mol. The molecule has 78 valence electrons. The molecule has 0 aliphatic rings. The third kappa shape index (κ3) is 2.83. The topological polar surface area (TPSA) is 29.3 Å². The van der Waals surface area contributed by atoms with Crippen molar-refractivity contribution in [3.63, 3.8) is 0 Å². The Hall–Kier alpha value is -1.39. The molecule has 0 aliphatic carbocycles. The van der Waals surface area contributed by atoms with E-state index in [1.54, 1.807) is 0 Å². The predicted octanol–water partition coefficient (Wildman–Crippen LogP) is 2.11. The van der Waals surface area contributed by atoms with E-state index in [2.05, 4.69) is 0 Å². The first-order valence-corrected chi connectivity index (χ1v) is 4.04. The third-order valence-electron chi connectivity index (χ3n) is 1.76. The van der Waals surface area contributed by atoms with Crippen LogP contribution in [-0.2, 0) is 0 Å². The summed E-state index contributed by atoms with van der Waals surface area (Å²) in [6, 6.07) is 3.75. The fourth-order valence-electron chi connectivity index (χ4n) is 1.13. The highest BCUT2D eigenvalue weighted by Gasteiger charge is 2.09. The molecule has 0 aliphatic heterocycles. The van der Waals surface area contributed by atoms with E-state index in [4.69, 9.17) is 5.73 Å². The van der Waals surface area contributed by atoms with Gasteiger partial charge in [-0.05, 0) is 18.2 Å². The van der Waals surface area contributed by atoms with E-state index >= 15 is 0 Å². The molecule has 1 rings (SSSR count). The van der Waals surface area contributed by atoms with Crippen molar-refractivity contribution < 1.29 is 13.2 Å². The molecule has 0 heterocycles. The largest absolute Gasteiger partial charge is 0.399 e. The molecule has 5 heteroatoms. The molecule has 0 saturated heterocycles. The van der Waals surface area contributed by atoms with E-state index in [9.17, 15) is 13.2 Å². The van der Waals surface area contributed by atoms with Crippen LogP contribution < -0.4 is 10.6 Å². The van der Waals surface area contributed by atoms with Gasteiger partial charge < -0.3 is 10.6 Å². The first-order valence-electron chi connectivity index (χ1n) is 4.04. The van der Waals surface area contributed by atoms with Crippen LogP contribution >= 0.6 is 0 Å². The van der Waals surface area contributed by atoms with Crippen molar-refractivity contribution in [2.45, 2.75) is 6.43 Å². The molecule has 0 fully saturated rings. The van der Waals surface area contributed by atoms with Gasteiger partial charge in [0.25, 0.3) is 6.43 Å². The van der Waals surface area contributed by atoms with Gasteiger partial charge >= 0.3 is 0 Å². The lowest BCUT2D eigenvalue weighted by Crippen LogP contribution is -2.24. The fourth-order valence-corrected chi connectivity index (χ4v) is 1.13. The molecule has 0 unspecified atom stereocenters. The van der Waals surface area contributed by atoms with Crippen molar-refractivity contribution in [2.75, 3.05) is 24.2 Å². The van der Waals surface area contributed by atoms with Crippen LogP contribution in [0.5, 0.6) is 0 Å². The first-order chi connectivity index (χ1) is 6.49. The van der Waals surface area contributed by atoms with Gasteiger partial charge in [-0.3, -0.25) is 0 Å². The van der Waals surface area contributed by atoms with Crippen molar-refractivity contribution in [3.8, 4) is 0 Å². The van der Waals surface area contributed by atoms with Crippen LogP contribution in [0, 0.1) is 5.82 Å². The summed E-state index contributed by atoms with van der Waals surface area (Å²) in [6.45, 7) is -0.442. The van der Waals surface area contributed by atoms with Gasteiger partial charge in [-0.15, -0.1) is 0 Å². The van der Waals surface area contributed by atoms with Crippen LogP contribution in [-0.4, -0.2) is 20.0 Å². The van der Waals surface area contributed by atoms with Gasteiger partial charge in [-0.25, -0.2) is 13.2 Å². The van der Waals surface area contributed by atoms with Gasteiger partial charge in [0.05, 0.1) is 6.54 Å². The molecule has 1 aromatic rings. The Labute approximate surface area is 80.1 Å². The number of nitrogen functional groups attached to an aromatic ring is 1. The van der Waals surface area contributed by atoms with Crippen LogP contribution in [0.25, 0.3) is 0 Å². The van der Waals surface area contributed by atoms with Crippen LogP contribution in [0.3, 0.4) is 0 Å². The van der Waals surface area contributed by atoms with E-state index in [0.29, 0.717) is 5.69 Å². The summed E-state index contributed by atoms with van der Waals surface area (Å²) in [4.78, 5) is 1.25. The number of nitrogens with zero attached hydrogens (tertiary/aromatic N) is 1. The molecule has 0 radical (unpaired) electrons. The highest BCUT2D eigenvalue weighted by atomic mass is 19.3. The summed E-state index contributed by atoms with van der Waals surface area (Å²) in [7, 11) is 1.46. The summed E-state index contributed by atoms with van der Waals surface area (Å²) in [5.41, 5.74) is 5.95. The van der Waals surface area contributed by atoms with Gasteiger partial charge in [0.15, 0.2) is 0 Å². The molecule has 2 nitrogen and oxygen atoms in total. The molecule has 2 N–H and O–H groups in total. The summed E-state index contributed by atoms with van der Waals surface area (Å²) >= 11 is 0. The van der Waals surface area contributed by atoms with Crippen LogP contribution in [0.2, 0.25) is 0 Å². The predicted molar refractivity (Wildman–Crippen MR) is 50.1 cm³/mol. The first kappa shape index (κ1) is 10.7. The average Bonchev–Trinajstić information content (AvgIpc) is 2.00. The van der Waals surface area contributed by atoms with Gasteiger partial charge in [-0.1, -0.05) is 0 Å². The fraction of sp³-hybridized carbons (Fsp3) is 0.333. The minimum absolute atomic E-state index is 0.223. The summed E-state index contributed by atoms with van der Waals surface area (Å²) < 4.78 is 36.8. The molecule has 0 bridgehead atoms. The monoisotopic (exact) mass is 204 g/mol. The Morgan fingerprint density at radius 1 is 1.36 bits per heavy atom. The Morgan fingerprint density at radius 3 is 2.50 bits per heavy atom. The van der Waals surface area contributed by atoms with Gasteiger partial charge in [0.2, 0.25) is 0 Å². The summed E-state index contributed by atoms with van der Waals surface area (Å²) in [5, 5.41) is 0. The van der Waals surface area contributed by atoms with Crippen molar-refractivity contribution in [1.82, 2.24) is 0 Å². The zero-order valence-corrected chi connectivity index (χ0v) is 7.67. The number of anilines is 2. The van der Waals surface area contributed by atoms with Crippen molar-refractivity contribution in [2.24, 2.45) is 0 Å².